The summed E-state index contributed by atoms with van der Waals surface area (Å²) in [7, 11) is 0. The van der Waals surface area contributed by atoms with Gasteiger partial charge in [-0.3, -0.25) is 9.58 Å². The van der Waals surface area contributed by atoms with Crippen LogP contribution in [-0.4, -0.2) is 54.1 Å². The Labute approximate surface area is 160 Å². The predicted octanol–water partition coefficient (Wildman–Crippen LogP) is 3.31. The number of nitrogens with zero attached hydrogens (tertiary/aromatic N) is 4. The van der Waals surface area contributed by atoms with Gasteiger partial charge in [-0.1, -0.05) is 6.07 Å². The van der Waals surface area contributed by atoms with Crippen molar-refractivity contribution in [2.45, 2.75) is 39.3 Å². The smallest absolute Gasteiger partial charge is 0.146 e. The number of benzene rings is 1. The van der Waals surface area contributed by atoms with E-state index >= 15 is 0 Å². The Balaban J connectivity index is 1.35. The molecule has 0 radical (unpaired) electrons. The van der Waals surface area contributed by atoms with E-state index < -0.39 is 0 Å². The number of piperidine rings is 1. The number of hydrogen-bond donors (Lipinski definition) is 0. The lowest BCUT2D eigenvalue weighted by atomic mass is 10.0. The van der Waals surface area contributed by atoms with Gasteiger partial charge in [0.1, 0.15) is 5.82 Å². The average molecular weight is 372 g/mol. The number of anilines is 1. The van der Waals surface area contributed by atoms with Gasteiger partial charge < -0.3 is 9.64 Å². The number of halogens is 1. The number of aryl methyl sites for hydroxylation is 2. The summed E-state index contributed by atoms with van der Waals surface area (Å²) in [5.74, 6) is -0.119. The molecular weight excluding hydrogens is 343 g/mol. The highest BCUT2D eigenvalue weighted by atomic mass is 19.1. The van der Waals surface area contributed by atoms with Gasteiger partial charge in [-0.15, -0.1) is 0 Å². The molecule has 5 nitrogen and oxygen atoms in total. The number of ether oxygens (including phenoxy) is 1. The minimum atomic E-state index is -0.119. The molecule has 0 atom stereocenters. The van der Waals surface area contributed by atoms with Crippen LogP contribution in [0.1, 0.15) is 35.8 Å². The molecule has 6 heteroatoms. The number of likely N-dealkylation sites (tertiary alicyclic amines) is 1. The second-order valence-electron chi connectivity index (χ2n) is 7.76. The molecule has 4 rings (SSSR count). The Morgan fingerprint density at radius 2 is 1.81 bits per heavy atom. The molecule has 2 aliphatic rings. The maximum absolute atomic E-state index is 14.6. The van der Waals surface area contributed by atoms with Crippen molar-refractivity contribution < 1.29 is 9.13 Å². The van der Waals surface area contributed by atoms with Gasteiger partial charge in [0.25, 0.3) is 0 Å². The summed E-state index contributed by atoms with van der Waals surface area (Å²) in [6.45, 7) is 9.90. The molecule has 2 fully saturated rings. The molecule has 0 N–H and O–H groups in total. The standard InChI is InChI=1S/C21H29FN4O/c1-16-13-17(2)26(23-16)19-5-7-24(8-6-19)15-18-3-4-21(20(22)14-18)25-9-11-27-12-10-25/h3-4,13-14,19H,5-12,15H2,1-2H3. The summed E-state index contributed by atoms with van der Waals surface area (Å²) in [5.41, 5.74) is 4.08. The van der Waals surface area contributed by atoms with E-state index in [1.54, 1.807) is 6.07 Å². The van der Waals surface area contributed by atoms with Crippen LogP contribution in [-0.2, 0) is 11.3 Å². The largest absolute Gasteiger partial charge is 0.378 e. The summed E-state index contributed by atoms with van der Waals surface area (Å²) >= 11 is 0. The highest BCUT2D eigenvalue weighted by Gasteiger charge is 2.23. The Hall–Kier alpha value is -1.92. The van der Waals surface area contributed by atoms with Gasteiger partial charge >= 0.3 is 0 Å². The normalized spacial score (nSPS) is 19.6. The summed E-state index contributed by atoms with van der Waals surface area (Å²) < 4.78 is 22.1. The molecule has 1 aromatic carbocycles. The van der Waals surface area contributed by atoms with E-state index in [-0.39, 0.29) is 5.82 Å². The quantitative estimate of drug-likeness (QED) is 0.825. The number of aromatic nitrogens is 2. The lowest BCUT2D eigenvalue weighted by Crippen LogP contribution is -2.37. The van der Waals surface area contributed by atoms with Crippen LogP contribution >= 0.6 is 0 Å². The second-order valence-corrected chi connectivity index (χ2v) is 7.76. The first kappa shape index (κ1) is 18.4. The molecule has 0 bridgehead atoms. The van der Waals surface area contributed by atoms with Crippen LogP contribution in [0.25, 0.3) is 0 Å². The van der Waals surface area contributed by atoms with Gasteiger partial charge in [0.05, 0.1) is 30.6 Å². The van der Waals surface area contributed by atoms with Crippen molar-refractivity contribution in [2.24, 2.45) is 0 Å². The van der Waals surface area contributed by atoms with Gasteiger partial charge in [0.2, 0.25) is 0 Å². The zero-order valence-corrected chi connectivity index (χ0v) is 16.3. The minimum Gasteiger partial charge on any atom is -0.378 e. The maximum Gasteiger partial charge on any atom is 0.146 e. The SMILES string of the molecule is Cc1cc(C)n(C2CCN(Cc3ccc(N4CCOCC4)c(F)c3)CC2)n1. The summed E-state index contributed by atoms with van der Waals surface area (Å²) in [6, 6.07) is 8.33. The Bertz CT molecular complexity index is 776. The van der Waals surface area contributed by atoms with Crippen molar-refractivity contribution in [3.05, 3.63) is 47.0 Å². The molecule has 0 amide bonds. The lowest BCUT2D eigenvalue weighted by molar-refractivity contribution is 0.122. The van der Waals surface area contributed by atoms with Crippen molar-refractivity contribution in [3.63, 3.8) is 0 Å². The van der Waals surface area contributed by atoms with Crippen LogP contribution < -0.4 is 4.90 Å². The third kappa shape index (κ3) is 4.17. The zero-order valence-electron chi connectivity index (χ0n) is 16.3. The summed E-state index contributed by atoms with van der Waals surface area (Å²) in [4.78, 5) is 4.49. The second kappa shape index (κ2) is 7.98. The molecule has 3 heterocycles. The Morgan fingerprint density at radius 3 is 2.44 bits per heavy atom. The van der Waals surface area contributed by atoms with Crippen molar-refractivity contribution in [2.75, 3.05) is 44.3 Å². The molecule has 2 saturated heterocycles. The van der Waals surface area contributed by atoms with Crippen molar-refractivity contribution in [1.29, 1.82) is 0 Å². The average Bonchev–Trinajstić information content (AvgIpc) is 3.01. The molecule has 0 unspecified atom stereocenters. The monoisotopic (exact) mass is 372 g/mol. The summed E-state index contributed by atoms with van der Waals surface area (Å²) in [5, 5.41) is 4.64. The number of rotatable bonds is 4. The minimum absolute atomic E-state index is 0.119. The zero-order chi connectivity index (χ0) is 18.8. The van der Waals surface area contributed by atoms with E-state index in [1.807, 2.05) is 13.0 Å². The van der Waals surface area contributed by atoms with E-state index in [0.29, 0.717) is 24.9 Å². The molecular formula is C21H29FN4O. The van der Waals surface area contributed by atoms with E-state index in [4.69, 9.17) is 4.74 Å². The van der Waals surface area contributed by atoms with E-state index in [2.05, 4.69) is 38.6 Å². The summed E-state index contributed by atoms with van der Waals surface area (Å²) in [6.07, 6.45) is 2.19. The Morgan fingerprint density at radius 1 is 1.07 bits per heavy atom. The van der Waals surface area contributed by atoms with Gasteiger partial charge in [0, 0.05) is 38.4 Å². The van der Waals surface area contributed by atoms with Crippen molar-refractivity contribution in [1.82, 2.24) is 14.7 Å². The number of morpholine rings is 1. The van der Waals surface area contributed by atoms with Crippen molar-refractivity contribution >= 4 is 5.69 Å². The van der Waals surface area contributed by atoms with Crippen LogP contribution in [0.5, 0.6) is 0 Å². The fourth-order valence-electron chi connectivity index (χ4n) is 4.31. The topological polar surface area (TPSA) is 33.5 Å². The molecule has 0 saturated carbocycles. The fourth-order valence-corrected chi connectivity index (χ4v) is 4.31. The van der Waals surface area contributed by atoms with Crippen LogP contribution in [0.2, 0.25) is 0 Å². The van der Waals surface area contributed by atoms with Gasteiger partial charge in [-0.2, -0.15) is 5.10 Å². The molecule has 0 aliphatic carbocycles. The van der Waals surface area contributed by atoms with Gasteiger partial charge in [0.15, 0.2) is 0 Å². The highest BCUT2D eigenvalue weighted by molar-refractivity contribution is 5.49. The van der Waals surface area contributed by atoms with Crippen LogP contribution in [0.3, 0.4) is 0 Å². The molecule has 2 aliphatic heterocycles. The number of hydrogen-bond acceptors (Lipinski definition) is 4. The third-order valence-corrected chi connectivity index (χ3v) is 5.72. The predicted molar refractivity (Wildman–Crippen MR) is 105 cm³/mol. The molecule has 146 valence electrons. The fraction of sp³-hybridized carbons (Fsp3) is 0.571. The first-order valence-electron chi connectivity index (χ1n) is 9.96. The molecule has 27 heavy (non-hydrogen) atoms. The van der Waals surface area contributed by atoms with Crippen molar-refractivity contribution in [3.8, 4) is 0 Å². The maximum atomic E-state index is 14.6. The van der Waals surface area contributed by atoms with Gasteiger partial charge in [-0.25, -0.2) is 4.39 Å². The van der Waals surface area contributed by atoms with Gasteiger partial charge in [-0.05, 0) is 50.5 Å². The molecule has 1 aromatic heterocycles. The van der Waals surface area contributed by atoms with E-state index in [0.717, 1.165) is 56.8 Å². The van der Waals surface area contributed by atoms with Crippen LogP contribution in [0.15, 0.2) is 24.3 Å². The lowest BCUT2D eigenvalue weighted by Gasteiger charge is -2.33. The first-order chi connectivity index (χ1) is 13.1. The Kier molecular flexibility index (Phi) is 5.45. The van der Waals surface area contributed by atoms with Crippen LogP contribution in [0, 0.1) is 19.7 Å². The van der Waals surface area contributed by atoms with Crippen LogP contribution in [0.4, 0.5) is 10.1 Å². The van der Waals surface area contributed by atoms with E-state index in [9.17, 15) is 4.39 Å². The molecule has 0 spiro atoms. The van der Waals surface area contributed by atoms with E-state index in [1.165, 1.54) is 5.69 Å². The third-order valence-electron chi connectivity index (χ3n) is 5.72. The molecule has 2 aromatic rings. The first-order valence-corrected chi connectivity index (χ1v) is 9.96. The highest BCUT2D eigenvalue weighted by Crippen LogP contribution is 2.26.